The average molecular weight is 381 g/mol. The van der Waals surface area contributed by atoms with Crippen molar-refractivity contribution in [2.75, 3.05) is 5.73 Å². The molecule has 0 aliphatic carbocycles. The van der Waals surface area contributed by atoms with Crippen molar-refractivity contribution in [3.8, 4) is 11.5 Å². The summed E-state index contributed by atoms with van der Waals surface area (Å²) in [7, 11) is 0. The van der Waals surface area contributed by atoms with Crippen LogP contribution in [0.25, 0.3) is 16.6 Å². The van der Waals surface area contributed by atoms with Gasteiger partial charge in [-0.2, -0.15) is 4.52 Å². The highest BCUT2D eigenvalue weighted by Gasteiger charge is 2.45. The van der Waals surface area contributed by atoms with Gasteiger partial charge >= 0.3 is 18.2 Å². The van der Waals surface area contributed by atoms with Crippen molar-refractivity contribution in [1.82, 2.24) is 19.6 Å². The number of fused-ring (bicyclic) bond motifs is 5. The summed E-state index contributed by atoms with van der Waals surface area (Å²) in [6, 6.07) is 2.60. The van der Waals surface area contributed by atoms with E-state index in [9.17, 15) is 18.4 Å². The molecule has 1 aliphatic heterocycles. The van der Waals surface area contributed by atoms with Crippen LogP contribution in [0.5, 0.6) is 11.5 Å². The van der Waals surface area contributed by atoms with E-state index in [1.807, 2.05) is 0 Å². The zero-order valence-corrected chi connectivity index (χ0v) is 13.1. The molecule has 0 spiro atoms. The first-order chi connectivity index (χ1) is 12.7. The number of aromatic nitrogens is 4. The Labute approximate surface area is 146 Å². The minimum atomic E-state index is -3.85. The summed E-state index contributed by atoms with van der Waals surface area (Å²) in [6.45, 7) is 0. The molecule has 13 heteroatoms. The zero-order valence-electron chi connectivity index (χ0n) is 13.1. The summed E-state index contributed by atoms with van der Waals surface area (Å²) in [6.07, 6.45) is -4.36. The topological polar surface area (TPSA) is 162 Å². The van der Waals surface area contributed by atoms with Gasteiger partial charge in [0, 0.05) is 11.8 Å². The lowest BCUT2D eigenvalue weighted by atomic mass is 10.1. The fourth-order valence-electron chi connectivity index (χ4n) is 2.69. The third kappa shape index (κ3) is 2.59. The van der Waals surface area contributed by atoms with Crippen molar-refractivity contribution in [3.05, 3.63) is 18.0 Å². The Hall–Kier alpha value is -3.77. The number of nitrogen functional groups attached to an aromatic ring is 1. The molecule has 4 rings (SSSR count). The van der Waals surface area contributed by atoms with Crippen molar-refractivity contribution in [3.63, 3.8) is 0 Å². The van der Waals surface area contributed by atoms with Gasteiger partial charge in [0.1, 0.15) is 5.52 Å². The van der Waals surface area contributed by atoms with E-state index in [1.165, 1.54) is 12.1 Å². The van der Waals surface area contributed by atoms with Crippen LogP contribution < -0.4 is 15.2 Å². The summed E-state index contributed by atoms with van der Waals surface area (Å²) in [5.41, 5.74) is 5.80. The SMILES string of the molecule is Nc1nc2c3c(ccc2c2nc(CC(C(=O)O)C(=O)O)nn12)OC(F)(F)O3. The molecule has 0 amide bonds. The number of carboxylic acid groups (broad SMARTS) is 2. The second kappa shape index (κ2) is 5.36. The van der Waals surface area contributed by atoms with E-state index in [0.717, 1.165) is 4.52 Å². The Balaban J connectivity index is 1.87. The first-order valence-electron chi connectivity index (χ1n) is 7.35. The van der Waals surface area contributed by atoms with Crippen molar-refractivity contribution >= 4 is 34.4 Å². The second-order valence-corrected chi connectivity index (χ2v) is 5.62. The molecule has 0 saturated heterocycles. The average Bonchev–Trinajstić information content (AvgIpc) is 3.12. The van der Waals surface area contributed by atoms with Gasteiger partial charge in [-0.25, -0.2) is 9.97 Å². The molecule has 0 saturated carbocycles. The zero-order chi connectivity index (χ0) is 19.5. The van der Waals surface area contributed by atoms with E-state index < -0.39 is 30.6 Å². The Bertz CT molecular complexity index is 1120. The van der Waals surface area contributed by atoms with Crippen LogP contribution >= 0.6 is 0 Å². The number of hydrogen-bond acceptors (Lipinski definition) is 8. The molecule has 11 nitrogen and oxygen atoms in total. The predicted octanol–water partition coefficient (Wildman–Crippen LogP) is 0.509. The van der Waals surface area contributed by atoms with E-state index in [0.29, 0.717) is 0 Å². The van der Waals surface area contributed by atoms with Gasteiger partial charge in [0.25, 0.3) is 0 Å². The lowest BCUT2D eigenvalue weighted by molar-refractivity contribution is -0.286. The van der Waals surface area contributed by atoms with Crippen LogP contribution in [0.3, 0.4) is 0 Å². The van der Waals surface area contributed by atoms with Crippen LogP contribution in [-0.2, 0) is 16.0 Å². The van der Waals surface area contributed by atoms with E-state index >= 15 is 0 Å². The first-order valence-corrected chi connectivity index (χ1v) is 7.35. The Morgan fingerprint density at radius 3 is 2.59 bits per heavy atom. The number of carbonyl (C=O) groups is 2. The van der Waals surface area contributed by atoms with Crippen LogP contribution in [-0.4, -0.2) is 48.0 Å². The van der Waals surface area contributed by atoms with Crippen LogP contribution in [0.2, 0.25) is 0 Å². The van der Waals surface area contributed by atoms with Gasteiger partial charge in [-0.3, -0.25) is 9.59 Å². The van der Waals surface area contributed by atoms with Gasteiger partial charge in [0.15, 0.2) is 28.9 Å². The summed E-state index contributed by atoms with van der Waals surface area (Å²) in [4.78, 5) is 30.2. The molecule has 1 aromatic carbocycles. The van der Waals surface area contributed by atoms with Gasteiger partial charge in [-0.15, -0.1) is 13.9 Å². The molecule has 3 aromatic rings. The first kappa shape index (κ1) is 16.7. The minimum absolute atomic E-state index is 0.0540. The molecule has 0 unspecified atom stereocenters. The fraction of sp³-hybridized carbons (Fsp3) is 0.214. The van der Waals surface area contributed by atoms with E-state index in [2.05, 4.69) is 24.5 Å². The summed E-state index contributed by atoms with van der Waals surface area (Å²) < 4.78 is 36.5. The van der Waals surface area contributed by atoms with Gasteiger partial charge in [-0.05, 0) is 12.1 Å². The van der Waals surface area contributed by atoms with Crippen molar-refractivity contribution < 1.29 is 38.1 Å². The molecular weight excluding hydrogens is 372 g/mol. The number of halogens is 2. The molecule has 140 valence electrons. The number of benzene rings is 1. The molecule has 0 bridgehead atoms. The number of anilines is 1. The minimum Gasteiger partial charge on any atom is -0.481 e. The molecule has 27 heavy (non-hydrogen) atoms. The predicted molar refractivity (Wildman–Crippen MR) is 81.4 cm³/mol. The van der Waals surface area contributed by atoms with Crippen LogP contribution in [0.1, 0.15) is 5.82 Å². The summed E-state index contributed by atoms with van der Waals surface area (Å²) >= 11 is 0. The monoisotopic (exact) mass is 381 g/mol. The Kier molecular flexibility index (Phi) is 3.31. The number of alkyl halides is 2. The standard InChI is InChI=1S/C14H9F2N5O6/c15-14(16)26-6-2-1-4-8(9(6)27-14)19-13(17)21-10(4)18-7(20-21)3-5(11(22)23)12(24)25/h1-2,5H,3H2,(H2,17,19)(H,22,23)(H,24,25). The van der Waals surface area contributed by atoms with Crippen LogP contribution in [0.15, 0.2) is 12.1 Å². The number of nitrogens with two attached hydrogens (primary N) is 1. The number of carboxylic acids is 2. The molecule has 0 radical (unpaired) electrons. The van der Waals surface area contributed by atoms with Crippen LogP contribution in [0, 0.1) is 5.92 Å². The third-order valence-electron chi connectivity index (χ3n) is 3.86. The van der Waals surface area contributed by atoms with E-state index in [1.54, 1.807) is 0 Å². The van der Waals surface area contributed by atoms with Gasteiger partial charge < -0.3 is 25.4 Å². The normalized spacial score (nSPS) is 14.9. The molecule has 4 N–H and O–H groups in total. The second-order valence-electron chi connectivity index (χ2n) is 5.62. The third-order valence-corrected chi connectivity index (χ3v) is 3.86. The lowest BCUT2D eigenvalue weighted by Crippen LogP contribution is -2.26. The largest absolute Gasteiger partial charge is 0.586 e. The Morgan fingerprint density at radius 1 is 1.22 bits per heavy atom. The van der Waals surface area contributed by atoms with E-state index in [-0.39, 0.29) is 39.8 Å². The number of rotatable bonds is 4. The maximum absolute atomic E-state index is 13.3. The quantitative estimate of drug-likeness (QED) is 0.543. The van der Waals surface area contributed by atoms with Gasteiger partial charge in [0.2, 0.25) is 5.95 Å². The van der Waals surface area contributed by atoms with Crippen molar-refractivity contribution in [2.24, 2.45) is 5.92 Å². The summed E-state index contributed by atoms with van der Waals surface area (Å²) in [5, 5.41) is 22.1. The highest BCUT2D eigenvalue weighted by Crippen LogP contribution is 2.45. The van der Waals surface area contributed by atoms with Crippen LogP contribution in [0.4, 0.5) is 14.7 Å². The summed E-state index contributed by atoms with van der Waals surface area (Å²) in [5.74, 6) is -5.79. The Morgan fingerprint density at radius 2 is 1.93 bits per heavy atom. The maximum atomic E-state index is 13.3. The highest BCUT2D eigenvalue weighted by molar-refractivity contribution is 5.98. The molecule has 2 aromatic heterocycles. The molecule has 0 atom stereocenters. The fourth-order valence-corrected chi connectivity index (χ4v) is 2.69. The van der Waals surface area contributed by atoms with Crippen molar-refractivity contribution in [2.45, 2.75) is 12.7 Å². The van der Waals surface area contributed by atoms with Gasteiger partial charge in [0.05, 0.1) is 0 Å². The van der Waals surface area contributed by atoms with E-state index in [4.69, 9.17) is 15.9 Å². The smallest absolute Gasteiger partial charge is 0.481 e. The number of ether oxygens (including phenoxy) is 2. The maximum Gasteiger partial charge on any atom is 0.586 e. The highest BCUT2D eigenvalue weighted by atomic mass is 19.3. The number of aliphatic carboxylic acids is 2. The van der Waals surface area contributed by atoms with Crippen molar-refractivity contribution in [1.29, 1.82) is 0 Å². The molecule has 1 aliphatic rings. The molecular formula is C14H9F2N5O6. The lowest BCUT2D eigenvalue weighted by Gasteiger charge is -2.05. The molecule has 0 fully saturated rings. The van der Waals surface area contributed by atoms with Gasteiger partial charge in [-0.1, -0.05) is 0 Å². The number of nitrogens with zero attached hydrogens (tertiary/aromatic N) is 4. The molecule has 3 heterocycles. The number of hydrogen-bond donors (Lipinski definition) is 3.